The van der Waals surface area contributed by atoms with E-state index in [0.717, 1.165) is 33.5 Å². The molecule has 0 radical (unpaired) electrons. The van der Waals surface area contributed by atoms with E-state index in [0.29, 0.717) is 17.9 Å². The second-order valence-corrected chi connectivity index (χ2v) is 6.86. The monoisotopic (exact) mass is 386 g/mol. The van der Waals surface area contributed by atoms with Gasteiger partial charge in [0, 0.05) is 48.4 Å². The third-order valence-corrected chi connectivity index (χ3v) is 4.79. The Kier molecular flexibility index (Phi) is 4.99. The standard InChI is InChI=1S/C23H22N4O2/c1-4-24-23(28)20-8-6-16(11-15(20)2)21-12-19(9-10-25-21)29-18-7-5-17-14-26-27(3)22(17)13-18/h5-14H,4H2,1-3H3,(H,24,28). The number of nitrogens with zero attached hydrogens (tertiary/aromatic N) is 3. The van der Waals surface area contributed by atoms with Crippen molar-refractivity contribution in [2.75, 3.05) is 6.54 Å². The first kappa shape index (κ1) is 18.7. The predicted octanol–water partition coefficient (Wildman–Crippen LogP) is 4.49. The summed E-state index contributed by atoms with van der Waals surface area (Å²) in [7, 11) is 1.91. The van der Waals surface area contributed by atoms with Gasteiger partial charge in [0.05, 0.1) is 17.4 Å². The van der Waals surface area contributed by atoms with Crippen LogP contribution in [0.15, 0.2) is 60.9 Å². The molecule has 1 amide bonds. The minimum Gasteiger partial charge on any atom is -0.457 e. The van der Waals surface area contributed by atoms with Crippen LogP contribution in [0.25, 0.3) is 22.2 Å². The summed E-state index contributed by atoms with van der Waals surface area (Å²) in [6.45, 7) is 4.44. The number of rotatable bonds is 5. The molecule has 0 aliphatic carbocycles. The fourth-order valence-corrected chi connectivity index (χ4v) is 3.29. The number of aromatic nitrogens is 3. The summed E-state index contributed by atoms with van der Waals surface area (Å²) in [6.07, 6.45) is 3.55. The molecule has 0 fully saturated rings. The van der Waals surface area contributed by atoms with Crippen LogP contribution in [0.4, 0.5) is 0 Å². The van der Waals surface area contributed by atoms with Gasteiger partial charge in [0.15, 0.2) is 0 Å². The lowest BCUT2D eigenvalue weighted by Gasteiger charge is -2.10. The van der Waals surface area contributed by atoms with Gasteiger partial charge in [-0.15, -0.1) is 0 Å². The summed E-state index contributed by atoms with van der Waals surface area (Å²) in [5, 5.41) is 8.16. The molecule has 0 saturated heterocycles. The molecule has 4 rings (SSSR count). The zero-order valence-electron chi connectivity index (χ0n) is 16.6. The third-order valence-electron chi connectivity index (χ3n) is 4.79. The second kappa shape index (κ2) is 7.75. The van der Waals surface area contributed by atoms with Crippen molar-refractivity contribution in [1.29, 1.82) is 0 Å². The van der Waals surface area contributed by atoms with Crippen LogP contribution in [-0.4, -0.2) is 27.2 Å². The SMILES string of the molecule is CCNC(=O)c1ccc(-c2cc(Oc3ccc4cnn(C)c4c3)ccn2)cc1C. The molecule has 2 heterocycles. The molecular formula is C23H22N4O2. The first-order chi connectivity index (χ1) is 14.0. The molecular weight excluding hydrogens is 364 g/mol. The summed E-state index contributed by atoms with van der Waals surface area (Å²) in [4.78, 5) is 16.6. The van der Waals surface area contributed by atoms with Crippen LogP contribution in [0.1, 0.15) is 22.8 Å². The topological polar surface area (TPSA) is 69.0 Å². The quantitative estimate of drug-likeness (QED) is 0.549. The number of fused-ring (bicyclic) bond motifs is 1. The van der Waals surface area contributed by atoms with Crippen molar-refractivity contribution in [2.24, 2.45) is 7.05 Å². The number of nitrogens with one attached hydrogen (secondary N) is 1. The molecule has 146 valence electrons. The molecule has 2 aromatic heterocycles. The molecule has 6 heteroatoms. The van der Waals surface area contributed by atoms with Gasteiger partial charge in [-0.25, -0.2) is 0 Å². The third kappa shape index (κ3) is 3.82. The Hall–Kier alpha value is -3.67. The molecule has 6 nitrogen and oxygen atoms in total. The molecule has 0 unspecified atom stereocenters. The number of pyridine rings is 1. The highest BCUT2D eigenvalue weighted by atomic mass is 16.5. The van der Waals surface area contributed by atoms with Gasteiger partial charge in [-0.2, -0.15) is 5.10 Å². The number of hydrogen-bond donors (Lipinski definition) is 1. The number of amides is 1. The fraction of sp³-hybridized carbons (Fsp3) is 0.174. The summed E-state index contributed by atoms with van der Waals surface area (Å²) in [5.74, 6) is 1.37. The van der Waals surface area contributed by atoms with Crippen LogP contribution in [0.3, 0.4) is 0 Å². The number of benzene rings is 2. The van der Waals surface area contributed by atoms with Crippen LogP contribution in [-0.2, 0) is 7.05 Å². The van der Waals surface area contributed by atoms with Crippen molar-refractivity contribution >= 4 is 16.8 Å². The van der Waals surface area contributed by atoms with Crippen molar-refractivity contribution in [3.05, 3.63) is 72.1 Å². The minimum absolute atomic E-state index is 0.0628. The van der Waals surface area contributed by atoms with Crippen molar-refractivity contribution in [2.45, 2.75) is 13.8 Å². The van der Waals surface area contributed by atoms with E-state index in [1.165, 1.54) is 0 Å². The highest BCUT2D eigenvalue weighted by molar-refractivity contribution is 5.96. The molecule has 0 bridgehead atoms. The second-order valence-electron chi connectivity index (χ2n) is 6.86. The lowest BCUT2D eigenvalue weighted by molar-refractivity contribution is 0.0955. The average Bonchev–Trinajstić information content (AvgIpc) is 3.08. The van der Waals surface area contributed by atoms with E-state index in [9.17, 15) is 4.79 Å². The normalized spacial score (nSPS) is 10.9. The smallest absolute Gasteiger partial charge is 0.251 e. The van der Waals surface area contributed by atoms with Crippen molar-refractivity contribution in [3.8, 4) is 22.8 Å². The Labute approximate surface area is 169 Å². The largest absolute Gasteiger partial charge is 0.457 e. The van der Waals surface area contributed by atoms with Gasteiger partial charge in [-0.1, -0.05) is 6.07 Å². The van der Waals surface area contributed by atoms with Crippen molar-refractivity contribution in [1.82, 2.24) is 20.1 Å². The van der Waals surface area contributed by atoms with Gasteiger partial charge in [0.25, 0.3) is 5.91 Å². The van der Waals surface area contributed by atoms with Crippen LogP contribution in [0, 0.1) is 6.92 Å². The first-order valence-electron chi connectivity index (χ1n) is 9.50. The van der Waals surface area contributed by atoms with E-state index in [1.54, 1.807) is 6.20 Å². The van der Waals surface area contributed by atoms with E-state index in [4.69, 9.17) is 4.74 Å². The maximum Gasteiger partial charge on any atom is 0.251 e. The van der Waals surface area contributed by atoms with E-state index in [1.807, 2.05) is 80.3 Å². The summed E-state index contributed by atoms with van der Waals surface area (Å²) in [5.41, 5.74) is 4.31. The van der Waals surface area contributed by atoms with Crippen LogP contribution < -0.4 is 10.1 Å². The Morgan fingerprint density at radius 3 is 2.72 bits per heavy atom. The van der Waals surface area contributed by atoms with Gasteiger partial charge in [0.1, 0.15) is 11.5 Å². The lowest BCUT2D eigenvalue weighted by atomic mass is 10.0. The Morgan fingerprint density at radius 2 is 1.93 bits per heavy atom. The summed E-state index contributed by atoms with van der Waals surface area (Å²) in [6, 6.07) is 15.3. The zero-order chi connectivity index (χ0) is 20.4. The Morgan fingerprint density at radius 1 is 1.10 bits per heavy atom. The predicted molar refractivity (Wildman–Crippen MR) is 113 cm³/mol. The number of carbonyl (C=O) groups is 1. The van der Waals surface area contributed by atoms with Crippen molar-refractivity contribution < 1.29 is 9.53 Å². The van der Waals surface area contributed by atoms with Gasteiger partial charge in [-0.3, -0.25) is 14.5 Å². The minimum atomic E-state index is -0.0628. The van der Waals surface area contributed by atoms with Gasteiger partial charge in [-0.05, 0) is 49.7 Å². The van der Waals surface area contributed by atoms with Crippen molar-refractivity contribution in [3.63, 3.8) is 0 Å². The maximum atomic E-state index is 12.1. The highest BCUT2D eigenvalue weighted by Crippen LogP contribution is 2.28. The zero-order valence-corrected chi connectivity index (χ0v) is 16.6. The summed E-state index contributed by atoms with van der Waals surface area (Å²) < 4.78 is 7.87. The summed E-state index contributed by atoms with van der Waals surface area (Å²) >= 11 is 0. The van der Waals surface area contributed by atoms with E-state index >= 15 is 0 Å². The highest BCUT2D eigenvalue weighted by Gasteiger charge is 2.10. The molecule has 0 aliphatic rings. The molecule has 0 atom stereocenters. The van der Waals surface area contributed by atoms with Crippen LogP contribution >= 0.6 is 0 Å². The maximum absolute atomic E-state index is 12.1. The lowest BCUT2D eigenvalue weighted by Crippen LogP contribution is -2.23. The van der Waals surface area contributed by atoms with Gasteiger partial charge >= 0.3 is 0 Å². The van der Waals surface area contributed by atoms with E-state index in [-0.39, 0.29) is 5.91 Å². The van der Waals surface area contributed by atoms with Crippen LogP contribution in [0.5, 0.6) is 11.5 Å². The number of hydrogen-bond acceptors (Lipinski definition) is 4. The number of carbonyl (C=O) groups excluding carboxylic acids is 1. The van der Waals surface area contributed by atoms with Gasteiger partial charge < -0.3 is 10.1 Å². The first-order valence-corrected chi connectivity index (χ1v) is 9.50. The van der Waals surface area contributed by atoms with E-state index < -0.39 is 0 Å². The average molecular weight is 386 g/mol. The molecule has 0 spiro atoms. The Balaban J connectivity index is 1.60. The number of ether oxygens (including phenoxy) is 1. The molecule has 4 aromatic rings. The van der Waals surface area contributed by atoms with Crippen LogP contribution in [0.2, 0.25) is 0 Å². The van der Waals surface area contributed by atoms with Gasteiger partial charge in [0.2, 0.25) is 0 Å². The molecule has 29 heavy (non-hydrogen) atoms. The molecule has 0 saturated carbocycles. The van der Waals surface area contributed by atoms with E-state index in [2.05, 4.69) is 15.4 Å². The molecule has 2 aromatic carbocycles. The molecule has 0 aliphatic heterocycles. The number of aryl methyl sites for hydroxylation is 2. The fourth-order valence-electron chi connectivity index (χ4n) is 3.29. The molecule has 1 N–H and O–H groups in total. The Bertz CT molecular complexity index is 1200.